The van der Waals surface area contributed by atoms with Crippen molar-refractivity contribution in [1.82, 2.24) is 4.98 Å². The number of hydrogen-bond acceptors (Lipinski definition) is 3. The van der Waals surface area contributed by atoms with Gasteiger partial charge in [-0.2, -0.15) is 5.26 Å². The minimum atomic E-state index is 0.384. The van der Waals surface area contributed by atoms with Gasteiger partial charge in [-0.3, -0.25) is 0 Å². The average Bonchev–Trinajstić information content (AvgIpc) is 2.20. The van der Waals surface area contributed by atoms with E-state index in [9.17, 15) is 0 Å². The minimum absolute atomic E-state index is 0.384. The molecule has 0 bridgehead atoms. The largest absolute Gasteiger partial charge is 0.369 e. The second-order valence-electron chi connectivity index (χ2n) is 3.88. The lowest BCUT2D eigenvalue weighted by Crippen LogP contribution is -2.06. The number of nitrogens with one attached hydrogen (secondary N) is 1. The van der Waals surface area contributed by atoms with E-state index >= 15 is 0 Å². The maximum absolute atomic E-state index is 8.97. The number of pyridine rings is 1. The summed E-state index contributed by atoms with van der Waals surface area (Å²) in [7, 11) is 0. The Morgan fingerprint density at radius 1 is 1.53 bits per heavy atom. The molecule has 0 fully saturated rings. The highest BCUT2D eigenvalue weighted by molar-refractivity contribution is 5.54. The van der Waals surface area contributed by atoms with Gasteiger partial charge in [0.2, 0.25) is 0 Å². The topological polar surface area (TPSA) is 48.7 Å². The first-order valence-electron chi connectivity index (χ1n) is 5.25. The van der Waals surface area contributed by atoms with Gasteiger partial charge in [0.25, 0.3) is 0 Å². The number of hydrogen-bond donors (Lipinski definition) is 1. The van der Waals surface area contributed by atoms with E-state index in [1.165, 1.54) is 0 Å². The summed E-state index contributed by atoms with van der Waals surface area (Å²) in [5.74, 6) is 1.09. The Kier molecular flexibility index (Phi) is 3.68. The lowest BCUT2D eigenvalue weighted by atomic mass is 10.0. The van der Waals surface area contributed by atoms with Gasteiger partial charge in [-0.1, -0.05) is 13.8 Å². The fraction of sp³-hybridized carbons (Fsp3) is 0.500. The van der Waals surface area contributed by atoms with Crippen LogP contribution in [0.25, 0.3) is 0 Å². The van der Waals surface area contributed by atoms with Crippen LogP contribution in [0.5, 0.6) is 0 Å². The van der Waals surface area contributed by atoms with Gasteiger partial charge < -0.3 is 5.32 Å². The smallest absolute Gasteiger partial charge is 0.144 e. The van der Waals surface area contributed by atoms with Gasteiger partial charge >= 0.3 is 0 Å². The second kappa shape index (κ2) is 4.79. The van der Waals surface area contributed by atoms with E-state index in [4.69, 9.17) is 5.26 Å². The van der Waals surface area contributed by atoms with Gasteiger partial charge in [-0.15, -0.1) is 0 Å². The minimum Gasteiger partial charge on any atom is -0.369 e. The van der Waals surface area contributed by atoms with Crippen molar-refractivity contribution in [3.8, 4) is 6.07 Å². The zero-order chi connectivity index (χ0) is 11.4. The molecule has 0 aliphatic heterocycles. The molecule has 1 aromatic rings. The van der Waals surface area contributed by atoms with E-state index in [2.05, 4.69) is 30.2 Å². The van der Waals surface area contributed by atoms with E-state index in [-0.39, 0.29) is 0 Å². The summed E-state index contributed by atoms with van der Waals surface area (Å²) in [6, 6.07) is 4.07. The fourth-order valence-electron chi connectivity index (χ4n) is 1.60. The third kappa shape index (κ3) is 2.47. The SMILES string of the molecule is CCNc1nc(C(C)C)c(C)cc1C#N. The van der Waals surface area contributed by atoms with E-state index < -0.39 is 0 Å². The van der Waals surface area contributed by atoms with Crippen LogP contribution in [-0.2, 0) is 0 Å². The average molecular weight is 203 g/mol. The lowest BCUT2D eigenvalue weighted by molar-refractivity contribution is 0.811. The van der Waals surface area contributed by atoms with Crippen molar-refractivity contribution in [3.05, 3.63) is 22.9 Å². The molecule has 0 radical (unpaired) electrons. The predicted molar refractivity (Wildman–Crippen MR) is 61.9 cm³/mol. The molecule has 0 unspecified atom stereocenters. The third-order valence-electron chi connectivity index (χ3n) is 2.26. The van der Waals surface area contributed by atoms with E-state index in [0.717, 1.165) is 17.8 Å². The van der Waals surface area contributed by atoms with Crippen molar-refractivity contribution in [2.24, 2.45) is 0 Å². The molecule has 0 saturated carbocycles. The van der Waals surface area contributed by atoms with Crippen LogP contribution in [0, 0.1) is 18.3 Å². The zero-order valence-corrected chi connectivity index (χ0v) is 9.76. The van der Waals surface area contributed by atoms with Crippen LogP contribution in [0.15, 0.2) is 6.07 Å². The van der Waals surface area contributed by atoms with Crippen molar-refractivity contribution in [1.29, 1.82) is 5.26 Å². The molecule has 0 spiro atoms. The Hall–Kier alpha value is -1.56. The molecule has 0 aromatic carbocycles. The highest BCUT2D eigenvalue weighted by atomic mass is 15.0. The predicted octanol–water partition coefficient (Wildman–Crippen LogP) is 2.82. The molecule has 0 aliphatic carbocycles. The zero-order valence-electron chi connectivity index (χ0n) is 9.76. The number of anilines is 1. The highest BCUT2D eigenvalue weighted by Gasteiger charge is 2.10. The fourth-order valence-corrected chi connectivity index (χ4v) is 1.60. The molecule has 80 valence electrons. The summed E-state index contributed by atoms with van der Waals surface area (Å²) < 4.78 is 0. The number of rotatable bonds is 3. The van der Waals surface area contributed by atoms with Crippen molar-refractivity contribution < 1.29 is 0 Å². The van der Waals surface area contributed by atoms with Gasteiger partial charge in [0, 0.05) is 12.2 Å². The van der Waals surface area contributed by atoms with Gasteiger partial charge in [0.05, 0.1) is 5.56 Å². The molecule has 0 saturated heterocycles. The van der Waals surface area contributed by atoms with Gasteiger partial charge in [0.1, 0.15) is 11.9 Å². The first-order chi connectivity index (χ1) is 7.10. The van der Waals surface area contributed by atoms with Crippen LogP contribution in [0.1, 0.15) is 43.5 Å². The quantitative estimate of drug-likeness (QED) is 0.821. The molecule has 3 heteroatoms. The van der Waals surface area contributed by atoms with E-state index in [1.54, 1.807) is 0 Å². The molecule has 3 nitrogen and oxygen atoms in total. The van der Waals surface area contributed by atoms with Crippen molar-refractivity contribution in [3.63, 3.8) is 0 Å². The normalized spacial score (nSPS) is 10.1. The molecular formula is C12H17N3. The van der Waals surface area contributed by atoms with Crippen LogP contribution in [0.3, 0.4) is 0 Å². The van der Waals surface area contributed by atoms with Crippen LogP contribution < -0.4 is 5.32 Å². The molecule has 1 rings (SSSR count). The summed E-state index contributed by atoms with van der Waals surface area (Å²) in [5, 5.41) is 12.1. The Morgan fingerprint density at radius 3 is 2.67 bits per heavy atom. The van der Waals surface area contributed by atoms with Crippen LogP contribution >= 0.6 is 0 Å². The highest BCUT2D eigenvalue weighted by Crippen LogP contribution is 2.22. The molecular weight excluding hydrogens is 186 g/mol. The van der Waals surface area contributed by atoms with Crippen LogP contribution in [-0.4, -0.2) is 11.5 Å². The van der Waals surface area contributed by atoms with E-state index in [0.29, 0.717) is 17.3 Å². The number of nitriles is 1. The van der Waals surface area contributed by atoms with Crippen molar-refractivity contribution in [2.75, 3.05) is 11.9 Å². The summed E-state index contributed by atoms with van der Waals surface area (Å²) >= 11 is 0. The van der Waals surface area contributed by atoms with Gasteiger partial charge in [-0.25, -0.2) is 4.98 Å². The number of aryl methyl sites for hydroxylation is 1. The van der Waals surface area contributed by atoms with Crippen molar-refractivity contribution >= 4 is 5.82 Å². The van der Waals surface area contributed by atoms with Gasteiger partial charge in [-0.05, 0) is 31.4 Å². The Labute approximate surface area is 91.1 Å². The van der Waals surface area contributed by atoms with Crippen LogP contribution in [0.4, 0.5) is 5.82 Å². The molecule has 1 N–H and O–H groups in total. The third-order valence-corrected chi connectivity index (χ3v) is 2.26. The lowest BCUT2D eigenvalue weighted by Gasteiger charge is -2.12. The first kappa shape index (κ1) is 11.5. The standard InChI is InChI=1S/C12H17N3/c1-5-14-12-10(7-13)6-9(4)11(15-12)8(2)3/h6,8H,5H2,1-4H3,(H,14,15). The molecule has 1 aromatic heterocycles. The summed E-state index contributed by atoms with van der Waals surface area (Å²) in [4.78, 5) is 4.50. The molecule has 15 heavy (non-hydrogen) atoms. The molecule has 0 amide bonds. The number of aromatic nitrogens is 1. The monoisotopic (exact) mass is 203 g/mol. The van der Waals surface area contributed by atoms with Gasteiger partial charge in [0.15, 0.2) is 0 Å². The van der Waals surface area contributed by atoms with Crippen LogP contribution in [0.2, 0.25) is 0 Å². The molecule has 0 aliphatic rings. The summed E-state index contributed by atoms with van der Waals surface area (Å²) in [5.41, 5.74) is 2.77. The molecule has 0 atom stereocenters. The maximum Gasteiger partial charge on any atom is 0.144 e. The Bertz CT molecular complexity index is 389. The van der Waals surface area contributed by atoms with E-state index in [1.807, 2.05) is 19.9 Å². The summed E-state index contributed by atoms with van der Waals surface area (Å²) in [6.45, 7) is 8.99. The maximum atomic E-state index is 8.97. The Balaban J connectivity index is 3.25. The second-order valence-corrected chi connectivity index (χ2v) is 3.88. The number of nitrogens with zero attached hydrogens (tertiary/aromatic N) is 2. The molecule has 1 heterocycles. The van der Waals surface area contributed by atoms with Crippen molar-refractivity contribution in [2.45, 2.75) is 33.6 Å². The summed E-state index contributed by atoms with van der Waals surface area (Å²) in [6.07, 6.45) is 0. The Morgan fingerprint density at radius 2 is 2.20 bits per heavy atom. The first-order valence-corrected chi connectivity index (χ1v) is 5.25.